The third-order valence-corrected chi connectivity index (χ3v) is 6.22. The zero-order chi connectivity index (χ0) is 28.6. The highest BCUT2D eigenvalue weighted by molar-refractivity contribution is 5.87. The summed E-state index contributed by atoms with van der Waals surface area (Å²) in [5.74, 6) is -1.52. The standard InChI is InChI=1S/C28H31NO11/c1-16(30)29-24-26(36-15-22(31)32)25-21(14-37-27(40-25)18-7-5-4-6-8-18)39-28(24)38-19-11-9-17(13-20(19)34-2)10-12-23(33)35-3/h4-13,21,24-28H,14-15H2,1-3H3,(H,29,30)(H,31,32). The van der Waals surface area contributed by atoms with Gasteiger partial charge in [0.05, 0.1) is 20.8 Å². The van der Waals surface area contributed by atoms with E-state index in [9.17, 15) is 19.5 Å². The van der Waals surface area contributed by atoms with Crippen LogP contribution in [0.2, 0.25) is 0 Å². The zero-order valence-electron chi connectivity index (χ0n) is 22.2. The maximum Gasteiger partial charge on any atom is 0.330 e. The molecule has 0 spiro atoms. The minimum atomic E-state index is -1.19. The molecule has 2 aromatic carbocycles. The van der Waals surface area contributed by atoms with Crippen LogP contribution < -0.4 is 14.8 Å². The third kappa shape index (κ3) is 7.16. The van der Waals surface area contributed by atoms with E-state index in [2.05, 4.69) is 10.1 Å². The molecule has 0 bridgehead atoms. The van der Waals surface area contributed by atoms with Crippen LogP contribution >= 0.6 is 0 Å². The van der Waals surface area contributed by atoms with Gasteiger partial charge in [0.15, 0.2) is 17.8 Å². The van der Waals surface area contributed by atoms with E-state index in [0.29, 0.717) is 11.3 Å². The van der Waals surface area contributed by atoms with Gasteiger partial charge in [-0.25, -0.2) is 9.59 Å². The van der Waals surface area contributed by atoms with Crippen molar-refractivity contribution in [2.45, 2.75) is 43.9 Å². The lowest BCUT2D eigenvalue weighted by molar-refractivity contribution is -0.337. The van der Waals surface area contributed by atoms with Crippen molar-refractivity contribution in [3.8, 4) is 11.5 Å². The molecular weight excluding hydrogens is 526 g/mol. The molecule has 12 heteroatoms. The van der Waals surface area contributed by atoms with Crippen LogP contribution in [0.4, 0.5) is 0 Å². The second-order valence-corrected chi connectivity index (χ2v) is 9.00. The molecule has 2 heterocycles. The lowest BCUT2D eigenvalue weighted by Crippen LogP contribution is -2.68. The molecule has 2 fully saturated rings. The lowest BCUT2D eigenvalue weighted by Gasteiger charge is -2.49. The van der Waals surface area contributed by atoms with Crippen LogP contribution in [0.1, 0.15) is 24.3 Å². The number of rotatable bonds is 10. The number of ether oxygens (including phenoxy) is 7. The van der Waals surface area contributed by atoms with Crippen molar-refractivity contribution in [1.29, 1.82) is 0 Å². The van der Waals surface area contributed by atoms with Gasteiger partial charge < -0.3 is 43.6 Å². The molecular formula is C28H31NO11. The Morgan fingerprint density at radius 2 is 1.85 bits per heavy atom. The Morgan fingerprint density at radius 1 is 1.07 bits per heavy atom. The number of fused-ring (bicyclic) bond motifs is 1. The number of carbonyl (C=O) groups is 3. The molecule has 2 aliphatic rings. The molecule has 12 nitrogen and oxygen atoms in total. The first kappa shape index (κ1) is 29.0. The molecule has 4 rings (SSSR count). The van der Waals surface area contributed by atoms with E-state index in [1.807, 2.05) is 30.3 Å². The minimum Gasteiger partial charge on any atom is -0.493 e. The molecule has 40 heavy (non-hydrogen) atoms. The highest BCUT2D eigenvalue weighted by Crippen LogP contribution is 2.37. The van der Waals surface area contributed by atoms with E-state index in [0.717, 1.165) is 5.56 Å². The van der Waals surface area contributed by atoms with E-state index in [4.69, 9.17) is 28.4 Å². The van der Waals surface area contributed by atoms with Crippen LogP contribution in [-0.2, 0) is 38.1 Å². The predicted molar refractivity (Wildman–Crippen MR) is 138 cm³/mol. The van der Waals surface area contributed by atoms with E-state index >= 15 is 0 Å². The number of carboxylic acid groups (broad SMARTS) is 1. The van der Waals surface area contributed by atoms with Crippen LogP contribution in [0.3, 0.4) is 0 Å². The molecule has 2 N–H and O–H groups in total. The molecule has 214 valence electrons. The van der Waals surface area contributed by atoms with Crippen LogP contribution in [0, 0.1) is 0 Å². The Kier molecular flexibility index (Phi) is 9.72. The first-order valence-corrected chi connectivity index (χ1v) is 12.5. The molecule has 0 aliphatic carbocycles. The summed E-state index contributed by atoms with van der Waals surface area (Å²) in [4.78, 5) is 35.1. The summed E-state index contributed by atoms with van der Waals surface area (Å²) in [6, 6.07) is 13.2. The average Bonchev–Trinajstić information content (AvgIpc) is 2.96. The Bertz CT molecular complexity index is 1220. The largest absolute Gasteiger partial charge is 0.493 e. The van der Waals surface area contributed by atoms with Crippen LogP contribution in [0.15, 0.2) is 54.6 Å². The van der Waals surface area contributed by atoms with Crippen molar-refractivity contribution in [3.63, 3.8) is 0 Å². The number of carboxylic acids is 1. The number of aliphatic carboxylic acids is 1. The number of methoxy groups -OCH3 is 2. The van der Waals surface area contributed by atoms with E-state index in [-0.39, 0.29) is 12.4 Å². The maximum absolute atomic E-state index is 12.2. The van der Waals surface area contributed by atoms with E-state index < -0.39 is 61.4 Å². The monoisotopic (exact) mass is 557 g/mol. The number of carbonyl (C=O) groups excluding carboxylic acids is 2. The SMILES string of the molecule is COC(=O)C=Cc1ccc(OC2OC3COC(c4ccccc4)OC3C(OCC(=O)O)C2NC(C)=O)c(OC)c1. The van der Waals surface area contributed by atoms with Gasteiger partial charge in [-0.2, -0.15) is 0 Å². The first-order chi connectivity index (χ1) is 19.3. The summed E-state index contributed by atoms with van der Waals surface area (Å²) in [6.07, 6.45) is -1.52. The fraction of sp³-hybridized carbons (Fsp3) is 0.393. The van der Waals surface area contributed by atoms with Gasteiger partial charge >= 0.3 is 11.9 Å². The van der Waals surface area contributed by atoms with Gasteiger partial charge in [0, 0.05) is 18.6 Å². The Morgan fingerprint density at radius 3 is 2.52 bits per heavy atom. The second-order valence-electron chi connectivity index (χ2n) is 9.00. The number of esters is 1. The van der Waals surface area contributed by atoms with Crippen molar-refractivity contribution in [1.82, 2.24) is 5.32 Å². The summed E-state index contributed by atoms with van der Waals surface area (Å²) >= 11 is 0. The van der Waals surface area contributed by atoms with Gasteiger partial charge in [-0.3, -0.25) is 4.79 Å². The molecule has 2 saturated heterocycles. The smallest absolute Gasteiger partial charge is 0.330 e. The molecule has 0 saturated carbocycles. The topological polar surface area (TPSA) is 148 Å². The molecule has 6 unspecified atom stereocenters. The van der Waals surface area contributed by atoms with Gasteiger partial charge in [0.25, 0.3) is 0 Å². The Labute approximate surface area is 230 Å². The summed E-state index contributed by atoms with van der Waals surface area (Å²) in [7, 11) is 2.73. The molecule has 2 aromatic rings. The molecule has 0 radical (unpaired) electrons. The number of nitrogens with one attached hydrogen (secondary N) is 1. The number of hydrogen-bond acceptors (Lipinski definition) is 10. The number of hydrogen-bond donors (Lipinski definition) is 2. The van der Waals surface area contributed by atoms with Gasteiger partial charge in [-0.15, -0.1) is 0 Å². The summed E-state index contributed by atoms with van der Waals surface area (Å²) < 4.78 is 40.4. The van der Waals surface area contributed by atoms with Crippen molar-refractivity contribution in [2.24, 2.45) is 0 Å². The summed E-state index contributed by atoms with van der Waals surface area (Å²) in [5, 5.41) is 12.1. The summed E-state index contributed by atoms with van der Waals surface area (Å²) in [5.41, 5.74) is 1.40. The van der Waals surface area contributed by atoms with Crippen LogP contribution in [0.5, 0.6) is 11.5 Å². The molecule has 6 atom stereocenters. The quantitative estimate of drug-likeness (QED) is 0.327. The lowest BCUT2D eigenvalue weighted by atomic mass is 9.95. The average molecular weight is 558 g/mol. The van der Waals surface area contributed by atoms with Crippen LogP contribution in [-0.4, -0.2) is 81.0 Å². The van der Waals surface area contributed by atoms with Crippen molar-refractivity contribution < 1.29 is 52.6 Å². The Balaban J connectivity index is 1.62. The first-order valence-electron chi connectivity index (χ1n) is 12.5. The van der Waals surface area contributed by atoms with Crippen molar-refractivity contribution >= 4 is 23.9 Å². The van der Waals surface area contributed by atoms with E-state index in [1.54, 1.807) is 24.3 Å². The fourth-order valence-corrected chi connectivity index (χ4v) is 4.45. The van der Waals surface area contributed by atoms with Gasteiger partial charge in [-0.1, -0.05) is 36.4 Å². The van der Waals surface area contributed by atoms with E-state index in [1.165, 1.54) is 27.2 Å². The highest BCUT2D eigenvalue weighted by Gasteiger charge is 2.52. The Hall–Kier alpha value is -3.97. The molecule has 0 aromatic heterocycles. The minimum absolute atomic E-state index is 0.0954. The number of benzene rings is 2. The van der Waals surface area contributed by atoms with Crippen molar-refractivity contribution in [3.05, 3.63) is 65.7 Å². The third-order valence-electron chi connectivity index (χ3n) is 6.22. The van der Waals surface area contributed by atoms with Gasteiger partial charge in [0.1, 0.15) is 31.0 Å². The maximum atomic E-state index is 12.2. The van der Waals surface area contributed by atoms with Crippen LogP contribution in [0.25, 0.3) is 6.08 Å². The van der Waals surface area contributed by atoms with Gasteiger partial charge in [0.2, 0.25) is 12.2 Å². The van der Waals surface area contributed by atoms with Gasteiger partial charge in [-0.05, 0) is 23.8 Å². The van der Waals surface area contributed by atoms with Crippen molar-refractivity contribution in [2.75, 3.05) is 27.4 Å². The predicted octanol–water partition coefficient (Wildman–Crippen LogP) is 2.07. The highest BCUT2D eigenvalue weighted by atomic mass is 16.8. The molecule has 2 aliphatic heterocycles. The fourth-order valence-electron chi connectivity index (χ4n) is 4.45. The normalized spacial score (nSPS) is 26.0. The molecule has 1 amide bonds. The summed E-state index contributed by atoms with van der Waals surface area (Å²) in [6.45, 7) is 0.775. The number of amides is 1. The second kappa shape index (κ2) is 13.4. The zero-order valence-corrected chi connectivity index (χ0v) is 22.2.